The fourth-order valence-corrected chi connectivity index (χ4v) is 3.43. The summed E-state index contributed by atoms with van der Waals surface area (Å²) in [7, 11) is -1.89. The second kappa shape index (κ2) is 4.92. The molecule has 0 bridgehead atoms. The van der Waals surface area contributed by atoms with Crippen molar-refractivity contribution in [3.63, 3.8) is 0 Å². The zero-order chi connectivity index (χ0) is 14.2. The van der Waals surface area contributed by atoms with Gasteiger partial charge in [-0.3, -0.25) is 4.72 Å². The second-order valence-electron chi connectivity index (χ2n) is 4.85. The Kier molecular flexibility index (Phi) is 3.23. The summed E-state index contributed by atoms with van der Waals surface area (Å²) in [6.45, 7) is 1.63. The minimum Gasteiger partial charge on any atom is -0.339 e. The third-order valence-corrected chi connectivity index (χ3v) is 4.59. The molecule has 106 valence electrons. The number of nitrogens with one attached hydrogen (secondary N) is 2. The van der Waals surface area contributed by atoms with Crippen LogP contribution in [0.4, 0.5) is 5.69 Å². The lowest BCUT2D eigenvalue weighted by Gasteiger charge is -2.20. The Hall–Kier alpha value is -1.86. The molecule has 3 rings (SSSR count). The monoisotopic (exact) mass is 292 g/mol. The van der Waals surface area contributed by atoms with Gasteiger partial charge in [-0.2, -0.15) is 8.42 Å². The first-order chi connectivity index (χ1) is 9.56. The van der Waals surface area contributed by atoms with Crippen LogP contribution in [0.1, 0.15) is 11.1 Å². The third-order valence-electron chi connectivity index (χ3n) is 3.34. The van der Waals surface area contributed by atoms with Crippen molar-refractivity contribution < 1.29 is 8.42 Å². The predicted octanol–water partition coefficient (Wildman–Crippen LogP) is 0.867. The molecule has 20 heavy (non-hydrogen) atoms. The summed E-state index contributed by atoms with van der Waals surface area (Å²) in [5.41, 5.74) is 2.85. The van der Waals surface area contributed by atoms with Gasteiger partial charge in [0.15, 0.2) is 5.03 Å². The lowest BCUT2D eigenvalue weighted by molar-refractivity contribution is 0.597. The van der Waals surface area contributed by atoms with Gasteiger partial charge >= 0.3 is 0 Å². The minimum atomic E-state index is -3.63. The maximum absolute atomic E-state index is 12.3. The average Bonchev–Trinajstić information content (AvgIpc) is 2.86. The minimum absolute atomic E-state index is 0.0338. The van der Waals surface area contributed by atoms with Crippen molar-refractivity contribution in [2.24, 2.45) is 7.05 Å². The van der Waals surface area contributed by atoms with Crippen LogP contribution in [0.2, 0.25) is 0 Å². The lowest BCUT2D eigenvalue weighted by Crippen LogP contribution is -2.25. The van der Waals surface area contributed by atoms with E-state index in [2.05, 4.69) is 15.0 Å². The highest BCUT2D eigenvalue weighted by atomic mass is 32.2. The van der Waals surface area contributed by atoms with E-state index in [1.54, 1.807) is 17.7 Å². The molecule has 0 atom stereocenters. The maximum Gasteiger partial charge on any atom is 0.280 e. The molecule has 2 N–H and O–H groups in total. The quantitative estimate of drug-likeness (QED) is 0.880. The molecule has 1 aliphatic heterocycles. The number of sulfonamides is 1. The van der Waals surface area contributed by atoms with Gasteiger partial charge < -0.3 is 9.88 Å². The molecule has 0 saturated heterocycles. The standard InChI is InChI=1S/C13H16N4O2S/c1-17-8-13(15-9-17)20(18,19)16-12-4-2-3-10-7-14-6-5-11(10)12/h2-4,8-9,14,16H,5-7H2,1H3. The first-order valence-corrected chi connectivity index (χ1v) is 7.87. The van der Waals surface area contributed by atoms with Crippen molar-refractivity contribution >= 4 is 15.7 Å². The van der Waals surface area contributed by atoms with Gasteiger partial charge in [0.05, 0.1) is 12.0 Å². The Labute approximate surface area is 117 Å². The largest absolute Gasteiger partial charge is 0.339 e. The van der Waals surface area contributed by atoms with Crippen LogP contribution >= 0.6 is 0 Å². The van der Waals surface area contributed by atoms with Gasteiger partial charge in [-0.05, 0) is 30.2 Å². The number of imidazole rings is 1. The van der Waals surface area contributed by atoms with Gasteiger partial charge in [-0.1, -0.05) is 12.1 Å². The molecular formula is C13H16N4O2S. The lowest BCUT2D eigenvalue weighted by atomic mass is 9.99. The molecule has 0 aliphatic carbocycles. The van der Waals surface area contributed by atoms with Gasteiger partial charge in [-0.25, -0.2) is 4.98 Å². The fraction of sp³-hybridized carbons (Fsp3) is 0.308. The molecule has 0 amide bonds. The molecule has 0 radical (unpaired) electrons. The van der Waals surface area contributed by atoms with E-state index in [0.29, 0.717) is 5.69 Å². The number of fused-ring (bicyclic) bond motifs is 1. The van der Waals surface area contributed by atoms with E-state index in [0.717, 1.165) is 30.6 Å². The van der Waals surface area contributed by atoms with Crippen molar-refractivity contribution in [3.05, 3.63) is 41.9 Å². The van der Waals surface area contributed by atoms with E-state index in [1.165, 1.54) is 12.5 Å². The summed E-state index contributed by atoms with van der Waals surface area (Å²) < 4.78 is 28.9. The average molecular weight is 292 g/mol. The summed E-state index contributed by atoms with van der Waals surface area (Å²) in [6, 6.07) is 5.67. The van der Waals surface area contributed by atoms with E-state index in [9.17, 15) is 8.42 Å². The van der Waals surface area contributed by atoms with Crippen LogP contribution in [0.15, 0.2) is 35.7 Å². The van der Waals surface area contributed by atoms with Crippen LogP contribution in [0.3, 0.4) is 0 Å². The van der Waals surface area contributed by atoms with Crippen molar-refractivity contribution in [3.8, 4) is 0 Å². The number of anilines is 1. The molecule has 1 aliphatic rings. The number of nitrogens with zero attached hydrogens (tertiary/aromatic N) is 2. The van der Waals surface area contributed by atoms with Crippen molar-refractivity contribution in [2.75, 3.05) is 11.3 Å². The highest BCUT2D eigenvalue weighted by Crippen LogP contribution is 2.25. The Morgan fingerprint density at radius 2 is 2.25 bits per heavy atom. The fourth-order valence-electron chi connectivity index (χ4n) is 2.35. The van der Waals surface area contributed by atoms with E-state index in [4.69, 9.17) is 0 Å². The summed E-state index contributed by atoms with van der Waals surface area (Å²) in [5.74, 6) is 0. The molecule has 2 aromatic rings. The van der Waals surface area contributed by atoms with E-state index >= 15 is 0 Å². The summed E-state index contributed by atoms with van der Waals surface area (Å²) >= 11 is 0. The first-order valence-electron chi connectivity index (χ1n) is 6.38. The van der Waals surface area contributed by atoms with E-state index in [-0.39, 0.29) is 5.03 Å². The Balaban J connectivity index is 1.95. The molecule has 1 aromatic carbocycles. The highest BCUT2D eigenvalue weighted by molar-refractivity contribution is 7.92. The smallest absolute Gasteiger partial charge is 0.280 e. The van der Waals surface area contributed by atoms with Gasteiger partial charge in [0.25, 0.3) is 10.0 Å². The molecular weight excluding hydrogens is 276 g/mol. The maximum atomic E-state index is 12.3. The second-order valence-corrected chi connectivity index (χ2v) is 6.48. The van der Waals surface area contributed by atoms with Crippen LogP contribution in [-0.2, 0) is 30.0 Å². The summed E-state index contributed by atoms with van der Waals surface area (Å²) in [5, 5.41) is 3.31. The van der Waals surface area contributed by atoms with Crippen LogP contribution in [-0.4, -0.2) is 24.5 Å². The first kappa shape index (κ1) is 13.1. The number of rotatable bonds is 3. The van der Waals surface area contributed by atoms with Gasteiger partial charge in [-0.15, -0.1) is 0 Å². The molecule has 2 heterocycles. The highest BCUT2D eigenvalue weighted by Gasteiger charge is 2.20. The van der Waals surface area contributed by atoms with Crippen LogP contribution in [0, 0.1) is 0 Å². The topological polar surface area (TPSA) is 76.0 Å². The van der Waals surface area contributed by atoms with Gasteiger partial charge in [0.2, 0.25) is 0 Å². The molecule has 6 nitrogen and oxygen atoms in total. The zero-order valence-electron chi connectivity index (χ0n) is 11.1. The van der Waals surface area contributed by atoms with Crippen molar-refractivity contribution in [2.45, 2.75) is 18.0 Å². The number of benzene rings is 1. The van der Waals surface area contributed by atoms with Gasteiger partial charge in [0.1, 0.15) is 0 Å². The molecule has 0 unspecified atom stereocenters. The number of hydrogen-bond acceptors (Lipinski definition) is 4. The predicted molar refractivity (Wildman–Crippen MR) is 75.9 cm³/mol. The Morgan fingerprint density at radius 3 is 3.00 bits per heavy atom. The van der Waals surface area contributed by atoms with Crippen LogP contribution < -0.4 is 10.0 Å². The number of aromatic nitrogens is 2. The molecule has 0 saturated carbocycles. The van der Waals surface area contributed by atoms with Crippen molar-refractivity contribution in [1.82, 2.24) is 14.9 Å². The SMILES string of the molecule is Cn1cnc(S(=O)(=O)Nc2cccc3c2CCNC3)c1. The Morgan fingerprint density at radius 1 is 1.40 bits per heavy atom. The molecule has 7 heteroatoms. The van der Waals surface area contributed by atoms with Crippen molar-refractivity contribution in [1.29, 1.82) is 0 Å². The third kappa shape index (κ3) is 2.41. The number of aryl methyl sites for hydroxylation is 1. The van der Waals surface area contributed by atoms with Crippen LogP contribution in [0.25, 0.3) is 0 Å². The molecule has 0 spiro atoms. The number of hydrogen-bond donors (Lipinski definition) is 2. The Bertz CT molecular complexity index is 737. The van der Waals surface area contributed by atoms with Gasteiger partial charge in [0, 0.05) is 19.8 Å². The van der Waals surface area contributed by atoms with E-state index in [1.807, 2.05) is 12.1 Å². The van der Waals surface area contributed by atoms with Crippen LogP contribution in [0.5, 0.6) is 0 Å². The molecule has 0 fully saturated rings. The molecule has 1 aromatic heterocycles. The zero-order valence-corrected chi connectivity index (χ0v) is 11.9. The normalized spacial score (nSPS) is 14.8. The van der Waals surface area contributed by atoms with E-state index < -0.39 is 10.0 Å². The summed E-state index contributed by atoms with van der Waals surface area (Å²) in [6.07, 6.45) is 3.77. The summed E-state index contributed by atoms with van der Waals surface area (Å²) in [4.78, 5) is 3.90.